The van der Waals surface area contributed by atoms with Crippen LogP contribution in [0.3, 0.4) is 0 Å². The average Bonchev–Trinajstić information content (AvgIpc) is 3.21. The molecule has 0 spiro atoms. The van der Waals surface area contributed by atoms with Crippen molar-refractivity contribution in [3.63, 3.8) is 0 Å². The van der Waals surface area contributed by atoms with Crippen molar-refractivity contribution < 1.29 is 14.3 Å². The van der Waals surface area contributed by atoms with Gasteiger partial charge in [-0.3, -0.25) is 14.5 Å². The number of hydrogen-bond donors (Lipinski definition) is 1. The number of thiazole rings is 1. The predicted octanol–water partition coefficient (Wildman–Crippen LogP) is 3.45. The normalized spacial score (nSPS) is 15.2. The third kappa shape index (κ3) is 6.17. The largest absolute Gasteiger partial charge is 0.369 e. The lowest BCUT2D eigenvalue weighted by Crippen LogP contribution is -2.54. The predicted molar refractivity (Wildman–Crippen MR) is 123 cm³/mol. The molecule has 1 aliphatic rings. The number of halogens is 2. The molecule has 0 unspecified atom stereocenters. The van der Waals surface area contributed by atoms with Crippen LogP contribution in [0.2, 0.25) is 10.0 Å². The topological polar surface area (TPSA) is 74.8 Å². The second-order valence-corrected chi connectivity index (χ2v) is 9.78. The highest BCUT2D eigenvalue weighted by Crippen LogP contribution is 2.22. The number of carbonyl (C=O) groups excluding carboxylic acids is 2. The van der Waals surface area contributed by atoms with E-state index in [9.17, 15) is 9.59 Å². The molecule has 31 heavy (non-hydrogen) atoms. The molecule has 0 radical (unpaired) electrons. The second kappa shape index (κ2) is 10.3. The van der Waals surface area contributed by atoms with Crippen molar-refractivity contribution >= 4 is 46.4 Å². The van der Waals surface area contributed by atoms with Crippen LogP contribution in [0.25, 0.3) is 0 Å². The minimum Gasteiger partial charge on any atom is -0.369 e. The first-order valence-corrected chi connectivity index (χ1v) is 11.5. The summed E-state index contributed by atoms with van der Waals surface area (Å²) in [5.41, 5.74) is -0.0103. The zero-order valence-electron chi connectivity index (χ0n) is 17.8. The van der Waals surface area contributed by atoms with E-state index in [0.29, 0.717) is 41.1 Å². The number of carbonyl (C=O) groups is 2. The zero-order valence-corrected chi connectivity index (χ0v) is 20.1. The van der Waals surface area contributed by atoms with E-state index < -0.39 is 5.60 Å². The number of piperazine rings is 1. The van der Waals surface area contributed by atoms with Gasteiger partial charge in [-0.15, -0.1) is 11.3 Å². The maximum Gasteiger partial charge on any atom is 0.263 e. The molecule has 1 N–H and O–H groups in total. The molecular weight excluding hydrogens is 459 g/mol. The first-order chi connectivity index (χ1) is 14.7. The third-order valence-corrected chi connectivity index (χ3v) is 6.84. The van der Waals surface area contributed by atoms with Crippen LogP contribution in [0.5, 0.6) is 0 Å². The minimum atomic E-state index is -0.810. The highest BCUT2D eigenvalue weighted by atomic mass is 35.5. The number of hydrogen-bond acceptors (Lipinski definition) is 6. The molecule has 0 saturated carbocycles. The Balaban J connectivity index is 1.49. The maximum atomic E-state index is 12.5. The smallest absolute Gasteiger partial charge is 0.263 e. The number of nitrogens with zero attached hydrogens (tertiary/aromatic N) is 3. The molecule has 3 rings (SSSR count). The quantitative estimate of drug-likeness (QED) is 0.651. The van der Waals surface area contributed by atoms with Gasteiger partial charge in [-0.25, -0.2) is 4.98 Å². The van der Waals surface area contributed by atoms with Gasteiger partial charge in [0.25, 0.3) is 11.8 Å². The zero-order chi connectivity index (χ0) is 22.6. The van der Waals surface area contributed by atoms with Crippen molar-refractivity contribution in [3.8, 4) is 0 Å². The Bertz CT molecular complexity index is 942. The minimum absolute atomic E-state index is 0.00338. The van der Waals surface area contributed by atoms with E-state index in [1.807, 2.05) is 4.90 Å². The number of ether oxygens (including phenoxy) is 1. The van der Waals surface area contributed by atoms with Crippen LogP contribution >= 0.6 is 34.5 Å². The van der Waals surface area contributed by atoms with Gasteiger partial charge in [0, 0.05) is 49.9 Å². The molecule has 1 saturated heterocycles. The molecule has 1 aromatic carbocycles. The monoisotopic (exact) mass is 484 g/mol. The summed E-state index contributed by atoms with van der Waals surface area (Å²) in [6, 6.07) is 5.18. The summed E-state index contributed by atoms with van der Waals surface area (Å²) in [7, 11) is 1.55. The van der Waals surface area contributed by atoms with Crippen molar-refractivity contribution in [1.82, 2.24) is 20.1 Å². The van der Waals surface area contributed by atoms with E-state index in [4.69, 9.17) is 27.9 Å². The van der Waals surface area contributed by atoms with Gasteiger partial charge in [-0.05, 0) is 31.5 Å². The van der Waals surface area contributed by atoms with Gasteiger partial charge in [0.2, 0.25) is 0 Å². The molecule has 2 aromatic rings. The molecule has 0 aliphatic carbocycles. The van der Waals surface area contributed by atoms with E-state index in [1.54, 1.807) is 45.4 Å². The number of nitrogens with one attached hydrogen (secondary N) is 1. The lowest BCUT2D eigenvalue weighted by molar-refractivity contribution is -0.152. The van der Waals surface area contributed by atoms with Crippen molar-refractivity contribution in [1.29, 1.82) is 0 Å². The van der Waals surface area contributed by atoms with Crippen molar-refractivity contribution in [2.24, 2.45) is 0 Å². The first-order valence-electron chi connectivity index (χ1n) is 9.93. The van der Waals surface area contributed by atoms with Crippen molar-refractivity contribution in [3.05, 3.63) is 49.9 Å². The molecule has 7 nitrogen and oxygen atoms in total. The average molecular weight is 485 g/mol. The van der Waals surface area contributed by atoms with Gasteiger partial charge >= 0.3 is 0 Å². The van der Waals surface area contributed by atoms with E-state index in [1.165, 1.54) is 11.3 Å². The van der Waals surface area contributed by atoms with Crippen LogP contribution in [0.1, 0.15) is 34.1 Å². The lowest BCUT2D eigenvalue weighted by atomic mass is 10.1. The van der Waals surface area contributed by atoms with E-state index in [2.05, 4.69) is 15.2 Å². The maximum absolute atomic E-state index is 12.5. The van der Waals surface area contributed by atoms with Gasteiger partial charge < -0.3 is 15.0 Å². The van der Waals surface area contributed by atoms with E-state index in [-0.39, 0.29) is 11.8 Å². The number of methoxy groups -OCH3 is 1. The Kier molecular flexibility index (Phi) is 7.93. The van der Waals surface area contributed by atoms with Crippen molar-refractivity contribution in [2.45, 2.75) is 32.5 Å². The molecule has 10 heteroatoms. The van der Waals surface area contributed by atoms with Crippen LogP contribution in [0.4, 0.5) is 0 Å². The fourth-order valence-corrected chi connectivity index (χ4v) is 4.54. The van der Waals surface area contributed by atoms with Gasteiger partial charge in [0.1, 0.15) is 15.5 Å². The van der Waals surface area contributed by atoms with Crippen LogP contribution in [-0.4, -0.2) is 65.5 Å². The number of aromatic nitrogens is 1. The third-order valence-electron chi connectivity index (χ3n) is 5.28. The van der Waals surface area contributed by atoms with Gasteiger partial charge in [-0.1, -0.05) is 29.3 Å². The molecule has 1 aromatic heterocycles. The Morgan fingerprint density at radius 2 is 1.94 bits per heavy atom. The molecule has 2 amide bonds. The summed E-state index contributed by atoms with van der Waals surface area (Å²) in [5.74, 6) is -0.185. The fourth-order valence-electron chi connectivity index (χ4n) is 3.18. The number of amides is 2. The molecule has 168 valence electrons. The summed E-state index contributed by atoms with van der Waals surface area (Å²) in [5, 5.41) is 4.81. The summed E-state index contributed by atoms with van der Waals surface area (Å²) in [4.78, 5) is 34.0. The van der Waals surface area contributed by atoms with Crippen LogP contribution in [0, 0.1) is 0 Å². The lowest BCUT2D eigenvalue weighted by Gasteiger charge is -2.37. The number of benzene rings is 1. The van der Waals surface area contributed by atoms with Crippen molar-refractivity contribution in [2.75, 3.05) is 33.3 Å². The van der Waals surface area contributed by atoms with Crippen LogP contribution in [0.15, 0.2) is 24.4 Å². The van der Waals surface area contributed by atoms with Crippen LogP contribution in [-0.2, 0) is 22.6 Å². The number of rotatable bonds is 7. The van der Waals surface area contributed by atoms with Gasteiger partial charge in [-0.2, -0.15) is 0 Å². The highest BCUT2D eigenvalue weighted by molar-refractivity contribution is 7.13. The SMILES string of the molecule is COC(C)(C)C(=O)N1CCN(Cc2ncc(C(=O)NCc3ccc(Cl)cc3Cl)s2)CC1. The Labute approximate surface area is 196 Å². The second-order valence-electron chi connectivity index (χ2n) is 7.82. The Hall–Kier alpha value is -1.71. The summed E-state index contributed by atoms with van der Waals surface area (Å²) < 4.78 is 5.30. The van der Waals surface area contributed by atoms with Crippen LogP contribution < -0.4 is 5.32 Å². The molecule has 1 fully saturated rings. The molecule has 0 atom stereocenters. The van der Waals surface area contributed by atoms with E-state index in [0.717, 1.165) is 23.7 Å². The summed E-state index contributed by atoms with van der Waals surface area (Å²) >= 11 is 13.4. The molecule has 0 bridgehead atoms. The first kappa shape index (κ1) is 23.9. The van der Waals surface area contributed by atoms with Gasteiger partial charge in [0.15, 0.2) is 0 Å². The Morgan fingerprint density at radius 3 is 2.58 bits per heavy atom. The van der Waals surface area contributed by atoms with Gasteiger partial charge in [0.05, 0.1) is 12.7 Å². The summed E-state index contributed by atoms with van der Waals surface area (Å²) in [6.45, 7) is 7.32. The molecule has 1 aliphatic heterocycles. The standard InChI is InChI=1S/C21H26Cl2N4O3S/c1-21(2,30-3)20(29)27-8-6-26(7-9-27)13-18-24-12-17(31-18)19(28)25-11-14-4-5-15(22)10-16(14)23/h4-5,10,12H,6-9,11,13H2,1-3H3,(H,25,28). The summed E-state index contributed by atoms with van der Waals surface area (Å²) in [6.07, 6.45) is 1.60. The molecule has 2 heterocycles. The molecular formula is C21H26Cl2N4O3S. The Morgan fingerprint density at radius 1 is 1.23 bits per heavy atom. The fraction of sp³-hybridized carbons (Fsp3) is 0.476. The van der Waals surface area contributed by atoms with E-state index >= 15 is 0 Å². The highest BCUT2D eigenvalue weighted by Gasteiger charge is 2.33.